The fourth-order valence-corrected chi connectivity index (χ4v) is 1.70. The number of amides is 1. The van der Waals surface area contributed by atoms with E-state index in [1.165, 1.54) is 7.11 Å². The first-order valence-corrected chi connectivity index (χ1v) is 7.25. The van der Waals surface area contributed by atoms with E-state index in [0.29, 0.717) is 12.2 Å². The Morgan fingerprint density at radius 2 is 1.95 bits per heavy atom. The van der Waals surface area contributed by atoms with Crippen molar-refractivity contribution in [3.05, 3.63) is 29.8 Å². The minimum Gasteiger partial charge on any atom is -0.494 e. The van der Waals surface area contributed by atoms with E-state index in [-0.39, 0.29) is 12.5 Å². The van der Waals surface area contributed by atoms with Crippen LogP contribution in [0.5, 0.6) is 5.75 Å². The van der Waals surface area contributed by atoms with E-state index in [1.807, 2.05) is 0 Å². The lowest BCUT2D eigenvalue weighted by Gasteiger charge is -2.10. The molecule has 0 saturated carbocycles. The molecule has 6 heteroatoms. The molecule has 0 spiro atoms. The van der Waals surface area contributed by atoms with Gasteiger partial charge in [-0.05, 0) is 30.7 Å². The zero-order valence-electron chi connectivity index (χ0n) is 12.2. The van der Waals surface area contributed by atoms with Gasteiger partial charge in [-0.15, -0.1) is 11.6 Å². The number of esters is 1. The van der Waals surface area contributed by atoms with Gasteiger partial charge in [0.15, 0.2) is 0 Å². The lowest BCUT2D eigenvalue weighted by atomic mass is 10.2. The van der Waals surface area contributed by atoms with Crippen LogP contribution in [0.4, 0.5) is 0 Å². The number of unbranched alkanes of at least 4 members (excludes halogenated alkanes) is 1. The van der Waals surface area contributed by atoms with Gasteiger partial charge in [-0.1, -0.05) is 13.3 Å². The minimum atomic E-state index is -0.893. The molecule has 1 atom stereocenters. The summed E-state index contributed by atoms with van der Waals surface area (Å²) < 4.78 is 9.99. The molecule has 1 aromatic rings. The number of carbonyl (C=O) groups is 2. The molecule has 0 heterocycles. The summed E-state index contributed by atoms with van der Waals surface area (Å²) >= 11 is 5.75. The van der Waals surface area contributed by atoms with Crippen LogP contribution in [-0.4, -0.2) is 37.5 Å². The summed E-state index contributed by atoms with van der Waals surface area (Å²) in [6, 6.07) is 6.81. The van der Waals surface area contributed by atoms with Gasteiger partial charge in [-0.3, -0.25) is 9.59 Å². The van der Waals surface area contributed by atoms with Crippen LogP contribution in [0.25, 0.3) is 0 Å². The molecule has 1 N–H and O–H groups in total. The topological polar surface area (TPSA) is 64.6 Å². The van der Waals surface area contributed by atoms with Crippen molar-refractivity contribution >= 4 is 23.5 Å². The Bertz CT molecular complexity index is 461. The van der Waals surface area contributed by atoms with Crippen LogP contribution in [0, 0.1) is 0 Å². The molecule has 0 bridgehead atoms. The second kappa shape index (κ2) is 9.23. The van der Waals surface area contributed by atoms with Gasteiger partial charge < -0.3 is 14.8 Å². The van der Waals surface area contributed by atoms with Gasteiger partial charge in [0.25, 0.3) is 5.91 Å². The Kier molecular flexibility index (Phi) is 7.61. The van der Waals surface area contributed by atoms with E-state index < -0.39 is 11.3 Å². The molecule has 0 aliphatic heterocycles. The average molecular weight is 314 g/mol. The number of methoxy groups -OCH3 is 1. The third-order valence-corrected chi connectivity index (χ3v) is 3.11. The maximum Gasteiger partial charge on any atom is 0.325 e. The van der Waals surface area contributed by atoms with Gasteiger partial charge >= 0.3 is 5.97 Å². The van der Waals surface area contributed by atoms with Crippen molar-refractivity contribution in [1.82, 2.24) is 5.32 Å². The Labute approximate surface area is 129 Å². The highest BCUT2D eigenvalue weighted by Gasteiger charge is 2.17. The molecule has 1 unspecified atom stereocenters. The van der Waals surface area contributed by atoms with Crippen molar-refractivity contribution in [2.45, 2.75) is 25.1 Å². The first-order valence-electron chi connectivity index (χ1n) is 6.81. The van der Waals surface area contributed by atoms with E-state index in [1.54, 1.807) is 24.3 Å². The molecule has 0 saturated heterocycles. The maximum atomic E-state index is 11.9. The normalized spacial score (nSPS) is 11.6. The van der Waals surface area contributed by atoms with Crippen LogP contribution in [0.2, 0.25) is 0 Å². The number of hydrogen-bond acceptors (Lipinski definition) is 4. The van der Waals surface area contributed by atoms with Crippen molar-refractivity contribution in [3.63, 3.8) is 0 Å². The number of alkyl halides is 1. The summed E-state index contributed by atoms with van der Waals surface area (Å²) in [4.78, 5) is 23.0. The van der Waals surface area contributed by atoms with E-state index >= 15 is 0 Å². The number of carbonyl (C=O) groups excluding carboxylic acids is 2. The van der Waals surface area contributed by atoms with E-state index in [2.05, 4.69) is 17.0 Å². The fourth-order valence-electron chi connectivity index (χ4n) is 1.53. The predicted octanol–water partition coefficient (Wildman–Crippen LogP) is 2.38. The van der Waals surface area contributed by atoms with E-state index in [9.17, 15) is 9.59 Å². The molecule has 1 amide bonds. The number of benzene rings is 1. The van der Waals surface area contributed by atoms with Crippen LogP contribution in [0.3, 0.4) is 0 Å². The second-order valence-electron chi connectivity index (χ2n) is 4.43. The number of hydrogen-bond donors (Lipinski definition) is 1. The van der Waals surface area contributed by atoms with Crippen molar-refractivity contribution < 1.29 is 19.1 Å². The molecule has 5 nitrogen and oxygen atoms in total. The number of rotatable bonds is 8. The lowest BCUT2D eigenvalue weighted by molar-refractivity contribution is -0.140. The number of ether oxygens (including phenoxy) is 2. The van der Waals surface area contributed by atoms with Gasteiger partial charge in [-0.2, -0.15) is 0 Å². The number of nitrogens with one attached hydrogen (secondary N) is 1. The highest BCUT2D eigenvalue weighted by Crippen LogP contribution is 2.12. The van der Waals surface area contributed by atoms with Crippen molar-refractivity contribution in [2.75, 3.05) is 20.3 Å². The highest BCUT2D eigenvalue weighted by atomic mass is 35.5. The summed E-state index contributed by atoms with van der Waals surface area (Å²) in [5, 5.41) is 1.68. The molecular weight excluding hydrogens is 294 g/mol. The molecule has 1 aromatic carbocycles. The molecule has 0 fully saturated rings. The van der Waals surface area contributed by atoms with E-state index in [0.717, 1.165) is 18.6 Å². The van der Waals surface area contributed by atoms with Crippen molar-refractivity contribution in [3.8, 4) is 5.75 Å². The Morgan fingerprint density at radius 1 is 1.29 bits per heavy atom. The average Bonchev–Trinajstić information content (AvgIpc) is 2.52. The van der Waals surface area contributed by atoms with Crippen LogP contribution >= 0.6 is 11.6 Å². The first-order chi connectivity index (χ1) is 10.1. The Balaban J connectivity index is 2.46. The summed E-state index contributed by atoms with van der Waals surface area (Å²) in [5.74, 6) is -0.147. The van der Waals surface area contributed by atoms with Crippen molar-refractivity contribution in [1.29, 1.82) is 0 Å². The van der Waals surface area contributed by atoms with Crippen LogP contribution in [0.15, 0.2) is 24.3 Å². The summed E-state index contributed by atoms with van der Waals surface area (Å²) in [6.07, 6.45) is 2.06. The molecular formula is C15H20ClNO4. The molecule has 0 aliphatic carbocycles. The molecule has 116 valence electrons. The Morgan fingerprint density at radius 3 is 2.52 bits per heavy atom. The van der Waals surface area contributed by atoms with Crippen LogP contribution in [0.1, 0.15) is 30.1 Å². The largest absolute Gasteiger partial charge is 0.494 e. The highest BCUT2D eigenvalue weighted by molar-refractivity contribution is 6.30. The third-order valence-electron chi connectivity index (χ3n) is 2.78. The first kappa shape index (κ1) is 17.3. The smallest absolute Gasteiger partial charge is 0.325 e. The Hall–Kier alpha value is -1.75. The van der Waals surface area contributed by atoms with Gasteiger partial charge in [0.1, 0.15) is 11.1 Å². The SMILES string of the molecule is CCCCOc1ccc(C(=O)NCC(Cl)C(=O)OC)cc1. The maximum absolute atomic E-state index is 11.9. The monoisotopic (exact) mass is 313 g/mol. The number of halogens is 1. The fraction of sp³-hybridized carbons (Fsp3) is 0.467. The van der Waals surface area contributed by atoms with Crippen LogP contribution in [-0.2, 0) is 9.53 Å². The van der Waals surface area contributed by atoms with Gasteiger partial charge in [0.05, 0.1) is 13.7 Å². The minimum absolute atomic E-state index is 0.0157. The summed E-state index contributed by atoms with van der Waals surface area (Å²) in [5.41, 5.74) is 0.478. The quantitative estimate of drug-likeness (QED) is 0.454. The molecule has 21 heavy (non-hydrogen) atoms. The van der Waals surface area contributed by atoms with E-state index in [4.69, 9.17) is 16.3 Å². The standard InChI is InChI=1S/C15H20ClNO4/c1-3-4-9-21-12-7-5-11(6-8-12)14(18)17-10-13(16)15(19)20-2/h5-8,13H,3-4,9-10H2,1-2H3,(H,17,18). The molecule has 0 radical (unpaired) electrons. The summed E-state index contributed by atoms with van der Waals surface area (Å²) in [7, 11) is 1.25. The second-order valence-corrected chi connectivity index (χ2v) is 4.95. The lowest BCUT2D eigenvalue weighted by Crippen LogP contribution is -2.34. The zero-order valence-corrected chi connectivity index (χ0v) is 13.0. The summed E-state index contributed by atoms with van der Waals surface area (Å²) in [6.45, 7) is 2.77. The van der Waals surface area contributed by atoms with Gasteiger partial charge in [0.2, 0.25) is 0 Å². The van der Waals surface area contributed by atoms with Gasteiger partial charge in [-0.25, -0.2) is 0 Å². The zero-order chi connectivity index (χ0) is 15.7. The molecule has 0 aliphatic rings. The van der Waals surface area contributed by atoms with Gasteiger partial charge in [0, 0.05) is 12.1 Å². The molecule has 1 rings (SSSR count). The van der Waals surface area contributed by atoms with Crippen molar-refractivity contribution in [2.24, 2.45) is 0 Å². The van der Waals surface area contributed by atoms with Crippen LogP contribution < -0.4 is 10.1 Å². The third kappa shape index (κ3) is 6.04. The molecule has 0 aromatic heterocycles. The predicted molar refractivity (Wildman–Crippen MR) is 80.8 cm³/mol.